The highest BCUT2D eigenvalue weighted by atomic mass is 31.2. The van der Waals surface area contributed by atoms with E-state index in [1.807, 2.05) is 6.92 Å². The zero-order valence-corrected chi connectivity index (χ0v) is 36.9. The van der Waals surface area contributed by atoms with Crippen molar-refractivity contribution < 1.29 is 102 Å². The Morgan fingerprint density at radius 3 is 1.33 bits per heavy atom. The minimum absolute atomic E-state index is 0. The topological polar surface area (TPSA) is 489 Å². The first-order valence-electron chi connectivity index (χ1n) is 18.9. The summed E-state index contributed by atoms with van der Waals surface area (Å²) >= 11 is 0. The van der Waals surface area contributed by atoms with Gasteiger partial charge in [-0.25, -0.2) is 0 Å². The number of rotatable bonds is 27. The average Bonchev–Trinajstić information content (AvgIpc) is 3.12. The largest absolute Gasteiger partial charge is 0.481 e. The minimum Gasteiger partial charge on any atom is -0.481 e. The van der Waals surface area contributed by atoms with Crippen LogP contribution in [-0.2, 0) is 57.1 Å². The van der Waals surface area contributed by atoms with Gasteiger partial charge in [-0.15, -0.1) is 0 Å². The Bertz CT molecular complexity index is 1510. The van der Waals surface area contributed by atoms with Crippen LogP contribution >= 0.6 is 15.0 Å². The SMILES string of the molecule is C.CCCC(CP(=O)(O)CCCN)C(=O)O.CCCC(CP(=O)(O)O)C(=O)O.C[C@@H](CCC(=O)O)NC(=O)C[C@H](N)C(=O)O.C[C@@H](CCC(=O)O)NC(=O)[C@@H](N)CC(=O)O.O=C=O. The molecule has 0 fully saturated rings. The van der Waals surface area contributed by atoms with Gasteiger partial charge in [0.15, 0.2) is 0 Å². The van der Waals surface area contributed by atoms with Gasteiger partial charge in [0.25, 0.3) is 0 Å². The molecule has 0 saturated carbocycles. The summed E-state index contributed by atoms with van der Waals surface area (Å²) in [5.74, 6) is -9.11. The van der Waals surface area contributed by atoms with Crippen molar-refractivity contribution in [1.82, 2.24) is 10.6 Å². The van der Waals surface area contributed by atoms with Crippen LogP contribution in [0.4, 0.5) is 0 Å². The second kappa shape index (κ2) is 40.2. The molecule has 2 amide bonds. The summed E-state index contributed by atoms with van der Waals surface area (Å²) in [7, 11) is -7.50. The molecule has 0 aliphatic rings. The molecule has 0 aromatic heterocycles. The average molecular weight is 958 g/mol. The smallest absolute Gasteiger partial charge is 0.373 e. The van der Waals surface area contributed by atoms with E-state index in [4.69, 9.17) is 67.2 Å². The van der Waals surface area contributed by atoms with Crippen molar-refractivity contribution in [3.63, 3.8) is 0 Å². The minimum atomic E-state index is -4.19. The molecule has 17 N–H and O–H groups in total. The number of hydrogen-bond donors (Lipinski definition) is 14. The van der Waals surface area contributed by atoms with Crippen LogP contribution in [-0.4, -0.2) is 148 Å². The summed E-state index contributed by atoms with van der Waals surface area (Å²) in [5, 5.41) is 56.0. The maximum Gasteiger partial charge on any atom is 0.373 e. The van der Waals surface area contributed by atoms with Crippen LogP contribution in [0, 0.1) is 11.8 Å². The molecule has 7 atom stereocenters. The van der Waals surface area contributed by atoms with E-state index in [1.165, 1.54) is 0 Å². The Morgan fingerprint density at radius 1 is 0.619 bits per heavy atom. The Morgan fingerprint density at radius 2 is 1.02 bits per heavy atom. The van der Waals surface area contributed by atoms with Gasteiger partial charge in [-0.2, -0.15) is 9.59 Å². The lowest BCUT2D eigenvalue weighted by Gasteiger charge is -2.16. The molecule has 26 nitrogen and oxygen atoms in total. The summed E-state index contributed by atoms with van der Waals surface area (Å²) in [6.07, 6.45) is 1.92. The third kappa shape index (κ3) is 51.6. The van der Waals surface area contributed by atoms with Gasteiger partial charge in [0.1, 0.15) is 6.04 Å². The predicted octanol–water partition coefficient (Wildman–Crippen LogP) is 0.140. The molecule has 0 aromatic rings. The number of carbonyl (C=O) groups excluding carboxylic acids is 4. The maximum atomic E-state index is 11.6. The first-order valence-corrected chi connectivity index (χ1v) is 22.7. The van der Waals surface area contributed by atoms with Crippen LogP contribution in [0.15, 0.2) is 0 Å². The first kappa shape index (κ1) is 70.0. The quantitative estimate of drug-likeness (QED) is 0.0487. The van der Waals surface area contributed by atoms with Crippen LogP contribution in [0.25, 0.3) is 0 Å². The number of carboxylic acid groups (broad SMARTS) is 6. The molecule has 0 aliphatic carbocycles. The molecule has 0 spiro atoms. The molecule has 0 aromatic carbocycles. The maximum absolute atomic E-state index is 11.6. The first-order chi connectivity index (χ1) is 28.4. The summed E-state index contributed by atoms with van der Waals surface area (Å²) in [5.41, 5.74) is 15.7. The molecular formula is C35H69N5O21P2. The summed E-state index contributed by atoms with van der Waals surface area (Å²) < 4.78 is 22.1. The van der Waals surface area contributed by atoms with Crippen molar-refractivity contribution in [3.8, 4) is 0 Å². The molecular weight excluding hydrogens is 888 g/mol. The molecule has 0 aliphatic heterocycles. The molecule has 0 heterocycles. The number of carboxylic acids is 6. The van der Waals surface area contributed by atoms with Crippen molar-refractivity contribution >= 4 is 68.7 Å². The Hall–Kier alpha value is -4.64. The summed E-state index contributed by atoms with van der Waals surface area (Å²) in [6.45, 7) is 7.27. The van der Waals surface area contributed by atoms with Gasteiger partial charge in [0, 0.05) is 37.2 Å². The number of amides is 2. The van der Waals surface area contributed by atoms with E-state index in [1.54, 1.807) is 20.8 Å². The number of nitrogens with one attached hydrogen (secondary N) is 2. The van der Waals surface area contributed by atoms with Crippen molar-refractivity contribution in [2.75, 3.05) is 25.0 Å². The fraction of sp³-hybridized carbons (Fsp3) is 0.743. The summed E-state index contributed by atoms with van der Waals surface area (Å²) in [4.78, 5) is 128. The van der Waals surface area contributed by atoms with Gasteiger partial charge in [0.05, 0.1) is 36.9 Å². The third-order valence-corrected chi connectivity index (χ3v) is 10.4. The van der Waals surface area contributed by atoms with Crippen molar-refractivity contribution in [3.05, 3.63) is 0 Å². The van der Waals surface area contributed by atoms with Crippen LogP contribution in [0.3, 0.4) is 0 Å². The van der Waals surface area contributed by atoms with Crippen molar-refractivity contribution in [1.29, 1.82) is 0 Å². The zero-order chi connectivity index (χ0) is 49.8. The Kier molecular flexibility index (Phi) is 44.6. The van der Waals surface area contributed by atoms with E-state index in [2.05, 4.69) is 10.6 Å². The van der Waals surface area contributed by atoms with E-state index in [9.17, 15) is 52.4 Å². The van der Waals surface area contributed by atoms with Crippen LogP contribution in [0.2, 0.25) is 0 Å². The van der Waals surface area contributed by atoms with Crippen LogP contribution in [0.1, 0.15) is 106 Å². The lowest BCUT2D eigenvalue weighted by atomic mass is 10.1. The van der Waals surface area contributed by atoms with Gasteiger partial charge >= 0.3 is 49.6 Å². The van der Waals surface area contributed by atoms with E-state index >= 15 is 0 Å². The van der Waals surface area contributed by atoms with Crippen molar-refractivity contribution in [2.45, 2.75) is 130 Å². The van der Waals surface area contributed by atoms with E-state index < -0.39 is 99.1 Å². The van der Waals surface area contributed by atoms with Gasteiger partial charge in [-0.1, -0.05) is 34.1 Å². The number of carbonyl (C=O) groups is 8. The molecule has 370 valence electrons. The lowest BCUT2D eigenvalue weighted by Crippen LogP contribution is -2.45. The van der Waals surface area contributed by atoms with Gasteiger partial charge in [0.2, 0.25) is 19.2 Å². The molecule has 63 heavy (non-hydrogen) atoms. The third-order valence-electron chi connectivity index (χ3n) is 7.48. The second-order valence-electron chi connectivity index (χ2n) is 13.6. The molecule has 28 heteroatoms. The number of hydrogen-bond acceptors (Lipinski definition) is 15. The van der Waals surface area contributed by atoms with Gasteiger partial charge in [-0.05, 0) is 52.5 Å². The zero-order valence-electron chi connectivity index (χ0n) is 35.1. The Balaban J connectivity index is -0.000000168. The van der Waals surface area contributed by atoms with Crippen molar-refractivity contribution in [2.24, 2.45) is 29.0 Å². The fourth-order valence-corrected chi connectivity index (χ4v) is 7.22. The number of nitrogens with two attached hydrogens (primary N) is 3. The highest BCUT2D eigenvalue weighted by molar-refractivity contribution is 7.58. The molecule has 3 unspecified atom stereocenters. The monoisotopic (exact) mass is 957 g/mol. The second-order valence-corrected chi connectivity index (χ2v) is 17.8. The summed E-state index contributed by atoms with van der Waals surface area (Å²) in [6, 6.07) is -3.00. The van der Waals surface area contributed by atoms with E-state index in [-0.39, 0.29) is 63.7 Å². The lowest BCUT2D eigenvalue weighted by molar-refractivity contribution is -0.192. The van der Waals surface area contributed by atoms with E-state index in [0.29, 0.717) is 45.1 Å². The van der Waals surface area contributed by atoms with Crippen LogP contribution in [0.5, 0.6) is 0 Å². The highest BCUT2D eigenvalue weighted by Gasteiger charge is 2.28. The van der Waals surface area contributed by atoms with Gasteiger partial charge in [-0.3, -0.25) is 47.5 Å². The highest BCUT2D eigenvalue weighted by Crippen LogP contribution is 2.43. The normalized spacial score (nSPS) is 13.9. The standard InChI is InChI=1S/2C9H16N2O5.C9H20NO4P.C6H13O5P.CO2.CH4/c1-5(2-3-8(13)14)11-7(12)4-6(10)9(15)16;1-5(2-3-7(12)13)11-9(16)6(10)4-8(14)15;1-2-4-8(9(11)12)7-15(13,14)6-3-5-10;1-2-3-5(6(7)8)4-12(9,10)11;2-1-3;/h5-6H,2-4,10H2,1H3,(H,11,12)(H,13,14)(H,15,16);5-6H,2-4,10H2,1H3,(H,11,16)(H,12,13)(H,14,15);8H,2-7,10H2,1H3,(H,11,12)(H,13,14);5H,2-4H2,1H3,(H,7,8)(H2,9,10,11);;1H4/t2*5-,6-;;;;/m00..../s1. The molecule has 0 rings (SSSR count). The fourth-order valence-electron chi connectivity index (χ4n) is 4.42. The molecule has 0 bridgehead atoms. The number of aliphatic carboxylic acids is 6. The molecule has 0 saturated heterocycles. The predicted molar refractivity (Wildman–Crippen MR) is 223 cm³/mol. The molecule has 0 radical (unpaired) electrons. The van der Waals surface area contributed by atoms with Gasteiger partial charge < -0.3 is 73.2 Å². The van der Waals surface area contributed by atoms with E-state index in [0.717, 1.165) is 0 Å². The van der Waals surface area contributed by atoms with Crippen LogP contribution < -0.4 is 27.8 Å². The Labute approximate surface area is 365 Å².